The van der Waals surface area contributed by atoms with Gasteiger partial charge in [0.15, 0.2) is 0 Å². The second-order valence-corrected chi connectivity index (χ2v) is 7.10. The van der Waals surface area contributed by atoms with Crippen molar-refractivity contribution in [3.05, 3.63) is 71.0 Å². The minimum Gasteiger partial charge on any atom is -0.387 e. The molecule has 4 rings (SSSR count). The molecular weight excluding hydrogens is 331 g/mol. The molecule has 2 aromatic rings. The third-order valence-electron chi connectivity index (χ3n) is 5.55. The molecule has 0 aromatic heterocycles. The van der Waals surface area contributed by atoms with E-state index >= 15 is 0 Å². The summed E-state index contributed by atoms with van der Waals surface area (Å²) < 4.78 is 13.1. The van der Waals surface area contributed by atoms with Gasteiger partial charge in [-0.25, -0.2) is 4.39 Å². The van der Waals surface area contributed by atoms with Gasteiger partial charge in [0, 0.05) is 37.8 Å². The van der Waals surface area contributed by atoms with Gasteiger partial charge in [0.05, 0.1) is 6.10 Å². The quantitative estimate of drug-likeness (QED) is 0.902. The van der Waals surface area contributed by atoms with E-state index in [0.29, 0.717) is 18.7 Å². The highest BCUT2D eigenvalue weighted by Crippen LogP contribution is 2.34. The van der Waals surface area contributed by atoms with Crippen LogP contribution in [0, 0.1) is 5.82 Å². The first-order valence-electron chi connectivity index (χ1n) is 9.18. The third-order valence-corrected chi connectivity index (χ3v) is 5.55. The Morgan fingerprint density at radius 3 is 2.54 bits per heavy atom. The maximum Gasteiger partial charge on any atom is 0.253 e. The first-order chi connectivity index (χ1) is 12.6. The molecule has 0 unspecified atom stereocenters. The van der Waals surface area contributed by atoms with Crippen molar-refractivity contribution in [2.24, 2.45) is 0 Å². The summed E-state index contributed by atoms with van der Waals surface area (Å²) in [5.41, 5.74) is 2.77. The van der Waals surface area contributed by atoms with E-state index in [9.17, 15) is 14.3 Å². The molecule has 2 atom stereocenters. The third kappa shape index (κ3) is 3.24. The Labute approximate surface area is 152 Å². The minimum absolute atomic E-state index is 0.0536. The molecule has 1 saturated heterocycles. The van der Waals surface area contributed by atoms with E-state index in [1.807, 2.05) is 23.1 Å². The molecule has 26 heavy (non-hydrogen) atoms. The molecule has 5 heteroatoms. The van der Waals surface area contributed by atoms with Gasteiger partial charge < -0.3 is 10.0 Å². The van der Waals surface area contributed by atoms with E-state index in [0.717, 1.165) is 31.5 Å². The Kier molecular flexibility index (Phi) is 4.74. The van der Waals surface area contributed by atoms with E-state index in [1.54, 1.807) is 0 Å². The lowest BCUT2D eigenvalue weighted by Crippen LogP contribution is -2.41. The number of amides is 1. The second kappa shape index (κ2) is 7.17. The van der Waals surface area contributed by atoms with Gasteiger partial charge in [-0.3, -0.25) is 9.69 Å². The van der Waals surface area contributed by atoms with Crippen molar-refractivity contribution in [1.82, 2.24) is 9.80 Å². The number of rotatable bonds is 2. The number of fused-ring (bicyclic) bond motifs is 1. The fraction of sp³-hybridized carbons (Fsp3) is 0.381. The van der Waals surface area contributed by atoms with Gasteiger partial charge in [0.2, 0.25) is 0 Å². The van der Waals surface area contributed by atoms with Gasteiger partial charge >= 0.3 is 0 Å². The van der Waals surface area contributed by atoms with Crippen LogP contribution in [-0.4, -0.2) is 53.0 Å². The van der Waals surface area contributed by atoms with Gasteiger partial charge in [-0.05, 0) is 48.2 Å². The molecule has 2 aromatic carbocycles. The summed E-state index contributed by atoms with van der Waals surface area (Å²) in [6.45, 7) is 2.91. The van der Waals surface area contributed by atoms with Crippen molar-refractivity contribution in [1.29, 1.82) is 0 Å². The van der Waals surface area contributed by atoms with Crippen LogP contribution < -0.4 is 0 Å². The number of carbonyl (C=O) groups is 1. The molecule has 1 aliphatic carbocycles. The lowest BCUT2D eigenvalue weighted by molar-refractivity contribution is 0.0605. The molecule has 1 aliphatic heterocycles. The Morgan fingerprint density at radius 1 is 1.00 bits per heavy atom. The van der Waals surface area contributed by atoms with Gasteiger partial charge in [0.25, 0.3) is 5.91 Å². The zero-order valence-electron chi connectivity index (χ0n) is 14.6. The van der Waals surface area contributed by atoms with Crippen LogP contribution in [-0.2, 0) is 6.42 Å². The molecule has 1 amide bonds. The molecule has 0 bridgehead atoms. The number of halogens is 1. The van der Waals surface area contributed by atoms with Crippen molar-refractivity contribution in [3.8, 4) is 0 Å². The highest BCUT2D eigenvalue weighted by molar-refractivity contribution is 5.94. The van der Waals surface area contributed by atoms with E-state index in [1.165, 1.54) is 29.8 Å². The summed E-state index contributed by atoms with van der Waals surface area (Å²) in [4.78, 5) is 16.8. The van der Waals surface area contributed by atoms with Crippen LogP contribution in [0.25, 0.3) is 0 Å². The van der Waals surface area contributed by atoms with E-state index in [4.69, 9.17) is 0 Å². The number of hydrogen-bond donors (Lipinski definition) is 1. The number of aliphatic hydroxyl groups is 1. The second-order valence-electron chi connectivity index (χ2n) is 7.10. The summed E-state index contributed by atoms with van der Waals surface area (Å²) in [6.07, 6.45) is 1.25. The molecule has 1 heterocycles. The maximum absolute atomic E-state index is 13.1. The largest absolute Gasteiger partial charge is 0.387 e. The lowest BCUT2D eigenvalue weighted by atomic mass is 10.1. The summed E-state index contributed by atoms with van der Waals surface area (Å²) >= 11 is 0. The number of hydrogen-bond acceptors (Lipinski definition) is 3. The summed E-state index contributed by atoms with van der Waals surface area (Å²) in [5, 5.41) is 10.7. The number of nitrogens with zero attached hydrogens (tertiary/aromatic N) is 2. The Hall–Kier alpha value is -2.24. The topological polar surface area (TPSA) is 43.8 Å². The molecular formula is C21H23FN2O2. The zero-order chi connectivity index (χ0) is 18.1. The van der Waals surface area contributed by atoms with Crippen LogP contribution in [0.5, 0.6) is 0 Å². The molecule has 0 spiro atoms. The molecule has 2 aliphatic rings. The lowest BCUT2D eigenvalue weighted by Gasteiger charge is -2.30. The average molecular weight is 354 g/mol. The predicted molar refractivity (Wildman–Crippen MR) is 97.4 cm³/mol. The highest BCUT2D eigenvalue weighted by atomic mass is 19.1. The first-order valence-corrected chi connectivity index (χ1v) is 9.18. The minimum atomic E-state index is -0.467. The highest BCUT2D eigenvalue weighted by Gasteiger charge is 2.35. The van der Waals surface area contributed by atoms with E-state index < -0.39 is 6.10 Å². The Bertz CT molecular complexity index is 793. The van der Waals surface area contributed by atoms with Gasteiger partial charge in [0.1, 0.15) is 5.82 Å². The van der Waals surface area contributed by atoms with Crippen LogP contribution in [0.1, 0.15) is 34.0 Å². The van der Waals surface area contributed by atoms with Crippen LogP contribution in [0.2, 0.25) is 0 Å². The van der Waals surface area contributed by atoms with Crippen molar-refractivity contribution in [2.45, 2.75) is 25.0 Å². The maximum atomic E-state index is 13.1. The summed E-state index contributed by atoms with van der Waals surface area (Å²) in [5.74, 6) is -0.388. The van der Waals surface area contributed by atoms with Crippen molar-refractivity contribution >= 4 is 5.91 Å². The number of carbonyl (C=O) groups excluding carboxylic acids is 1. The SMILES string of the molecule is O=C(c1ccc(F)cc1)N1CCCN([C@H]2Cc3ccccc3[C@H]2O)CC1. The fourth-order valence-corrected chi connectivity index (χ4v) is 4.13. The molecule has 1 fully saturated rings. The van der Waals surface area contributed by atoms with Crippen LogP contribution in [0.4, 0.5) is 4.39 Å². The van der Waals surface area contributed by atoms with Crippen molar-refractivity contribution < 1.29 is 14.3 Å². The van der Waals surface area contributed by atoms with Gasteiger partial charge in [-0.1, -0.05) is 24.3 Å². The van der Waals surface area contributed by atoms with Crippen LogP contribution in [0.3, 0.4) is 0 Å². The smallest absolute Gasteiger partial charge is 0.253 e. The molecule has 1 N–H and O–H groups in total. The number of aliphatic hydroxyl groups excluding tert-OH is 1. The summed E-state index contributed by atoms with van der Waals surface area (Å²) in [6, 6.07) is 13.9. The fourth-order valence-electron chi connectivity index (χ4n) is 4.13. The van der Waals surface area contributed by atoms with Crippen LogP contribution >= 0.6 is 0 Å². The predicted octanol–water partition coefficient (Wildman–Crippen LogP) is 2.63. The molecule has 0 saturated carbocycles. The summed E-state index contributed by atoms with van der Waals surface area (Å²) in [7, 11) is 0. The standard InChI is InChI=1S/C21H23FN2O2/c22-17-8-6-15(7-9-17)21(26)24-11-3-10-23(12-13-24)19-14-16-4-1-2-5-18(16)20(19)25/h1-2,4-9,19-20,25H,3,10-14H2/t19-,20+/m0/s1. The van der Waals surface area contributed by atoms with Crippen molar-refractivity contribution in [3.63, 3.8) is 0 Å². The zero-order valence-corrected chi connectivity index (χ0v) is 14.6. The first kappa shape index (κ1) is 17.2. The normalized spacial score (nSPS) is 23.5. The average Bonchev–Trinajstić information content (AvgIpc) is 2.84. The van der Waals surface area contributed by atoms with Gasteiger partial charge in [-0.2, -0.15) is 0 Å². The van der Waals surface area contributed by atoms with E-state index in [2.05, 4.69) is 11.0 Å². The number of benzene rings is 2. The van der Waals surface area contributed by atoms with Crippen LogP contribution in [0.15, 0.2) is 48.5 Å². The van der Waals surface area contributed by atoms with Crippen molar-refractivity contribution in [2.75, 3.05) is 26.2 Å². The van der Waals surface area contributed by atoms with Gasteiger partial charge in [-0.15, -0.1) is 0 Å². The molecule has 136 valence electrons. The Balaban J connectivity index is 1.43. The monoisotopic (exact) mass is 354 g/mol. The Morgan fingerprint density at radius 2 is 1.77 bits per heavy atom. The molecule has 0 radical (unpaired) electrons. The molecule has 4 nitrogen and oxygen atoms in total. The van der Waals surface area contributed by atoms with E-state index in [-0.39, 0.29) is 17.8 Å².